The van der Waals surface area contributed by atoms with Gasteiger partial charge in [-0.2, -0.15) is 0 Å². The molecule has 2 rings (SSSR count). The molecular formula is C15H21FN2O. The highest BCUT2D eigenvalue weighted by molar-refractivity contribution is 5.94. The highest BCUT2D eigenvalue weighted by Gasteiger charge is 2.16. The van der Waals surface area contributed by atoms with E-state index >= 15 is 0 Å². The minimum atomic E-state index is -0.406. The van der Waals surface area contributed by atoms with Crippen molar-refractivity contribution < 1.29 is 9.18 Å². The smallest absolute Gasteiger partial charge is 0.251 e. The van der Waals surface area contributed by atoms with Crippen LogP contribution >= 0.6 is 0 Å². The van der Waals surface area contributed by atoms with Gasteiger partial charge in [-0.3, -0.25) is 4.79 Å². The molecule has 1 aromatic carbocycles. The average molecular weight is 264 g/mol. The van der Waals surface area contributed by atoms with Gasteiger partial charge in [0.2, 0.25) is 0 Å². The van der Waals surface area contributed by atoms with E-state index in [1.807, 2.05) is 0 Å². The Hall–Kier alpha value is -1.42. The maximum Gasteiger partial charge on any atom is 0.251 e. The Morgan fingerprint density at radius 1 is 1.26 bits per heavy atom. The molecular weight excluding hydrogens is 243 g/mol. The van der Waals surface area contributed by atoms with Crippen molar-refractivity contribution in [1.29, 1.82) is 0 Å². The van der Waals surface area contributed by atoms with Crippen molar-refractivity contribution >= 4 is 5.91 Å². The Balaban J connectivity index is 2.00. The Morgan fingerprint density at radius 2 is 1.95 bits per heavy atom. The van der Waals surface area contributed by atoms with Crippen molar-refractivity contribution in [2.24, 2.45) is 5.73 Å². The summed E-state index contributed by atoms with van der Waals surface area (Å²) in [6.45, 7) is 0.149. The van der Waals surface area contributed by atoms with Crippen LogP contribution in [0, 0.1) is 5.82 Å². The van der Waals surface area contributed by atoms with Crippen LogP contribution in [0.3, 0.4) is 0 Å². The lowest BCUT2D eigenvalue weighted by atomic mass is 10.1. The van der Waals surface area contributed by atoms with Gasteiger partial charge in [0.25, 0.3) is 5.91 Å². The number of carbonyl (C=O) groups is 1. The molecule has 0 spiro atoms. The minimum Gasteiger partial charge on any atom is -0.349 e. The van der Waals surface area contributed by atoms with E-state index < -0.39 is 5.82 Å². The zero-order valence-corrected chi connectivity index (χ0v) is 11.1. The number of nitrogens with two attached hydrogens (primary N) is 1. The number of halogens is 1. The van der Waals surface area contributed by atoms with Crippen LogP contribution in [0.4, 0.5) is 4.39 Å². The Bertz CT molecular complexity index is 440. The summed E-state index contributed by atoms with van der Waals surface area (Å²) in [6, 6.07) is 4.72. The SMILES string of the molecule is NCc1ccc(C(=O)NC2CCCCCC2)cc1F. The molecule has 3 nitrogen and oxygen atoms in total. The van der Waals surface area contributed by atoms with Crippen molar-refractivity contribution in [1.82, 2.24) is 5.32 Å². The van der Waals surface area contributed by atoms with E-state index in [1.54, 1.807) is 12.1 Å². The molecule has 19 heavy (non-hydrogen) atoms. The predicted octanol–water partition coefficient (Wildman–Crippen LogP) is 2.74. The molecule has 3 N–H and O–H groups in total. The molecule has 0 bridgehead atoms. The lowest BCUT2D eigenvalue weighted by Gasteiger charge is -2.16. The van der Waals surface area contributed by atoms with E-state index in [4.69, 9.17) is 5.73 Å². The van der Waals surface area contributed by atoms with Gasteiger partial charge in [0.1, 0.15) is 5.82 Å². The molecule has 0 atom stereocenters. The van der Waals surface area contributed by atoms with Crippen molar-refractivity contribution in [2.45, 2.75) is 51.1 Å². The van der Waals surface area contributed by atoms with Gasteiger partial charge in [-0.05, 0) is 25.0 Å². The third-order valence-corrected chi connectivity index (χ3v) is 3.73. The molecule has 1 saturated carbocycles. The maximum atomic E-state index is 13.6. The van der Waals surface area contributed by atoms with Crippen LogP contribution in [-0.2, 0) is 6.54 Å². The van der Waals surface area contributed by atoms with E-state index in [-0.39, 0.29) is 18.5 Å². The lowest BCUT2D eigenvalue weighted by molar-refractivity contribution is 0.0933. The summed E-state index contributed by atoms with van der Waals surface area (Å²) in [7, 11) is 0. The second kappa shape index (κ2) is 6.66. The van der Waals surface area contributed by atoms with Gasteiger partial charge in [-0.15, -0.1) is 0 Å². The Morgan fingerprint density at radius 3 is 2.53 bits per heavy atom. The van der Waals surface area contributed by atoms with Crippen molar-refractivity contribution in [2.75, 3.05) is 0 Å². The molecule has 4 heteroatoms. The second-order valence-corrected chi connectivity index (χ2v) is 5.17. The fourth-order valence-corrected chi connectivity index (χ4v) is 2.55. The first-order valence-corrected chi connectivity index (χ1v) is 7.00. The summed E-state index contributed by atoms with van der Waals surface area (Å²) >= 11 is 0. The van der Waals surface area contributed by atoms with Crippen LogP contribution < -0.4 is 11.1 Å². The van der Waals surface area contributed by atoms with Gasteiger partial charge in [0.05, 0.1) is 0 Å². The summed E-state index contributed by atoms with van der Waals surface area (Å²) in [5, 5.41) is 3.00. The standard InChI is InChI=1S/C15H21FN2O/c16-14-9-11(7-8-12(14)10-17)15(19)18-13-5-3-1-2-4-6-13/h7-9,13H,1-6,10,17H2,(H,18,19). The zero-order valence-electron chi connectivity index (χ0n) is 11.1. The second-order valence-electron chi connectivity index (χ2n) is 5.17. The van der Waals surface area contributed by atoms with Crippen LogP contribution in [0.2, 0.25) is 0 Å². The molecule has 1 aromatic rings. The monoisotopic (exact) mass is 264 g/mol. The lowest BCUT2D eigenvalue weighted by Crippen LogP contribution is -2.34. The molecule has 0 unspecified atom stereocenters. The highest BCUT2D eigenvalue weighted by atomic mass is 19.1. The van der Waals surface area contributed by atoms with Crippen molar-refractivity contribution in [3.05, 3.63) is 35.1 Å². The molecule has 0 saturated heterocycles. The molecule has 1 amide bonds. The summed E-state index contributed by atoms with van der Waals surface area (Å²) in [5.74, 6) is -0.592. The van der Waals surface area contributed by atoms with Gasteiger partial charge >= 0.3 is 0 Å². The molecule has 1 aliphatic carbocycles. The van der Waals surface area contributed by atoms with Gasteiger partial charge in [-0.25, -0.2) is 4.39 Å². The minimum absolute atomic E-state index is 0.149. The van der Waals surface area contributed by atoms with Crippen LogP contribution in [-0.4, -0.2) is 11.9 Å². The molecule has 0 radical (unpaired) electrons. The van der Waals surface area contributed by atoms with Gasteiger partial charge in [0.15, 0.2) is 0 Å². The molecule has 0 aromatic heterocycles. The fraction of sp³-hybridized carbons (Fsp3) is 0.533. The summed E-state index contributed by atoms with van der Waals surface area (Å²) in [5.41, 5.74) is 6.21. The van der Waals surface area contributed by atoms with E-state index in [9.17, 15) is 9.18 Å². The zero-order chi connectivity index (χ0) is 13.7. The first kappa shape index (κ1) is 14.0. The highest BCUT2D eigenvalue weighted by Crippen LogP contribution is 2.18. The van der Waals surface area contributed by atoms with Crippen LogP contribution in [0.25, 0.3) is 0 Å². The number of benzene rings is 1. The van der Waals surface area contributed by atoms with E-state index in [1.165, 1.54) is 18.9 Å². The first-order valence-electron chi connectivity index (χ1n) is 7.00. The number of hydrogen-bond acceptors (Lipinski definition) is 2. The van der Waals surface area contributed by atoms with Crippen LogP contribution in [0.15, 0.2) is 18.2 Å². The molecule has 0 aliphatic heterocycles. The summed E-state index contributed by atoms with van der Waals surface area (Å²) < 4.78 is 13.6. The topological polar surface area (TPSA) is 55.1 Å². The number of nitrogens with one attached hydrogen (secondary N) is 1. The van der Waals surface area contributed by atoms with Crippen LogP contribution in [0.5, 0.6) is 0 Å². The number of rotatable bonds is 3. The third-order valence-electron chi connectivity index (χ3n) is 3.73. The van der Waals surface area contributed by atoms with Crippen molar-refractivity contribution in [3.63, 3.8) is 0 Å². The predicted molar refractivity (Wildman–Crippen MR) is 73.2 cm³/mol. The number of carbonyl (C=O) groups excluding carboxylic acids is 1. The largest absolute Gasteiger partial charge is 0.349 e. The Labute approximate surface area is 113 Å². The average Bonchev–Trinajstić information content (AvgIpc) is 2.67. The fourth-order valence-electron chi connectivity index (χ4n) is 2.55. The quantitative estimate of drug-likeness (QED) is 0.825. The van der Waals surface area contributed by atoms with Gasteiger partial charge < -0.3 is 11.1 Å². The number of amides is 1. The Kier molecular flexibility index (Phi) is 4.91. The maximum absolute atomic E-state index is 13.6. The third kappa shape index (κ3) is 3.77. The van der Waals surface area contributed by atoms with Crippen molar-refractivity contribution in [3.8, 4) is 0 Å². The molecule has 1 fully saturated rings. The van der Waals surface area contributed by atoms with Gasteiger partial charge in [-0.1, -0.05) is 31.7 Å². The van der Waals surface area contributed by atoms with E-state index in [0.29, 0.717) is 11.1 Å². The van der Waals surface area contributed by atoms with Crippen LogP contribution in [0.1, 0.15) is 54.4 Å². The number of hydrogen-bond donors (Lipinski definition) is 2. The molecule has 0 heterocycles. The van der Waals surface area contributed by atoms with E-state index in [0.717, 1.165) is 25.7 Å². The normalized spacial score (nSPS) is 16.9. The summed E-state index contributed by atoms with van der Waals surface area (Å²) in [6.07, 6.45) is 6.85. The first-order chi connectivity index (χ1) is 9.20. The molecule has 1 aliphatic rings. The molecule has 104 valence electrons. The van der Waals surface area contributed by atoms with E-state index in [2.05, 4.69) is 5.32 Å². The summed E-state index contributed by atoms with van der Waals surface area (Å²) in [4.78, 5) is 12.1. The van der Waals surface area contributed by atoms with Gasteiger partial charge in [0, 0.05) is 23.7 Å².